The molecule has 3 heterocycles. The fourth-order valence-corrected chi connectivity index (χ4v) is 4.00. The second-order valence-corrected chi connectivity index (χ2v) is 8.68. The molecule has 3 aromatic rings. The van der Waals surface area contributed by atoms with Gasteiger partial charge in [-0.1, -0.05) is 32.1 Å². The lowest BCUT2D eigenvalue weighted by Crippen LogP contribution is -2.31. The number of aliphatic hydroxyl groups excluding tert-OH is 1. The first-order chi connectivity index (χ1) is 17.1. The summed E-state index contributed by atoms with van der Waals surface area (Å²) in [6.07, 6.45) is -1.16. The number of esters is 1. The number of methoxy groups -OCH3 is 1. The number of ether oxygens (including phenoxy) is 2. The third kappa shape index (κ3) is 5.40. The van der Waals surface area contributed by atoms with Gasteiger partial charge in [-0.2, -0.15) is 23.3 Å². The Labute approximate surface area is 205 Å². The molecule has 11 heteroatoms. The van der Waals surface area contributed by atoms with Crippen molar-refractivity contribution in [3.05, 3.63) is 59.4 Å². The third-order valence-corrected chi connectivity index (χ3v) is 5.65. The maximum absolute atomic E-state index is 13.6. The van der Waals surface area contributed by atoms with Crippen molar-refractivity contribution in [3.63, 3.8) is 0 Å². The van der Waals surface area contributed by atoms with Gasteiger partial charge in [-0.25, -0.2) is 9.67 Å². The van der Waals surface area contributed by atoms with Crippen molar-refractivity contribution < 1.29 is 32.5 Å². The molecule has 1 aliphatic rings. The van der Waals surface area contributed by atoms with Crippen LogP contribution in [0.4, 0.5) is 13.2 Å². The molecular weight excluding hydrogens is 477 g/mol. The van der Waals surface area contributed by atoms with Crippen LogP contribution in [0.2, 0.25) is 0 Å². The molecule has 8 nitrogen and oxygen atoms in total. The Morgan fingerprint density at radius 3 is 2.72 bits per heavy atom. The molecule has 1 N–H and O–H groups in total. The van der Waals surface area contributed by atoms with Crippen LogP contribution in [0.3, 0.4) is 0 Å². The van der Waals surface area contributed by atoms with Gasteiger partial charge in [0.1, 0.15) is 6.10 Å². The normalized spacial score (nSPS) is 18.6. The molecule has 0 radical (unpaired) electrons. The average molecular weight is 502 g/mol. The molecule has 0 amide bonds. The molecule has 190 valence electrons. The molecule has 2 unspecified atom stereocenters. The zero-order valence-electron chi connectivity index (χ0n) is 19.9. The van der Waals surface area contributed by atoms with E-state index in [0.717, 1.165) is 12.1 Å². The van der Waals surface area contributed by atoms with Crippen molar-refractivity contribution in [3.8, 4) is 23.1 Å². The van der Waals surface area contributed by atoms with Crippen LogP contribution in [0.15, 0.2) is 42.6 Å². The molecule has 1 aliphatic heterocycles. The van der Waals surface area contributed by atoms with E-state index in [1.165, 1.54) is 24.1 Å². The summed E-state index contributed by atoms with van der Waals surface area (Å²) in [5.41, 5.74) is 0.960. The maximum Gasteiger partial charge on any atom is 0.416 e. The van der Waals surface area contributed by atoms with Crippen LogP contribution in [0.25, 0.3) is 23.2 Å². The van der Waals surface area contributed by atoms with Crippen molar-refractivity contribution in [1.82, 2.24) is 19.7 Å². The lowest BCUT2D eigenvalue weighted by Gasteiger charge is -2.23. The Hall–Kier alpha value is -3.73. The molecule has 2 aromatic heterocycles. The molecule has 0 saturated carbocycles. The second-order valence-electron chi connectivity index (χ2n) is 8.68. The van der Waals surface area contributed by atoms with Crippen molar-refractivity contribution >= 4 is 12.0 Å². The summed E-state index contributed by atoms with van der Waals surface area (Å²) < 4.78 is 52.6. The van der Waals surface area contributed by atoms with Crippen LogP contribution in [-0.2, 0) is 15.7 Å². The predicted octanol–water partition coefficient (Wildman–Crippen LogP) is 4.56. The van der Waals surface area contributed by atoms with E-state index in [2.05, 4.69) is 9.97 Å². The minimum Gasteiger partial charge on any atom is -0.467 e. The second kappa shape index (κ2) is 10.1. The number of aliphatic hydroxyl groups is 1. The van der Waals surface area contributed by atoms with Crippen molar-refractivity contribution in [2.24, 2.45) is 0 Å². The number of halogens is 3. The summed E-state index contributed by atoms with van der Waals surface area (Å²) in [5, 5.41) is 14.6. The number of rotatable bonds is 6. The van der Waals surface area contributed by atoms with Gasteiger partial charge in [0, 0.05) is 29.8 Å². The van der Waals surface area contributed by atoms with Gasteiger partial charge in [-0.3, -0.25) is 4.79 Å². The number of carbonyl (C=O) groups is 1. The molecule has 0 bridgehead atoms. The molecule has 1 fully saturated rings. The van der Waals surface area contributed by atoms with E-state index in [0.29, 0.717) is 22.8 Å². The SMILES string of the molecule is COc1nccc(-n2nc(C(C)C)c(/C=C/C3CC(O)CC(=O)O3)c2-c2cccc(C(F)(F)F)c2)n1. The van der Waals surface area contributed by atoms with Crippen LogP contribution in [-0.4, -0.2) is 50.1 Å². The number of cyclic esters (lactones) is 1. The number of hydrogen-bond acceptors (Lipinski definition) is 7. The fraction of sp³-hybridized carbons (Fsp3) is 0.360. The Morgan fingerprint density at radius 1 is 1.28 bits per heavy atom. The Morgan fingerprint density at radius 2 is 2.06 bits per heavy atom. The minimum atomic E-state index is -4.54. The highest BCUT2D eigenvalue weighted by Gasteiger charge is 2.32. The number of hydrogen-bond donors (Lipinski definition) is 1. The van der Waals surface area contributed by atoms with Gasteiger partial charge in [0.15, 0.2) is 5.82 Å². The summed E-state index contributed by atoms with van der Waals surface area (Å²) in [6, 6.07) is 6.59. The van der Waals surface area contributed by atoms with Gasteiger partial charge in [0.05, 0.1) is 36.6 Å². The summed E-state index contributed by atoms with van der Waals surface area (Å²) in [6.45, 7) is 3.82. The van der Waals surface area contributed by atoms with E-state index in [1.54, 1.807) is 24.3 Å². The van der Waals surface area contributed by atoms with E-state index < -0.39 is 29.9 Å². The molecule has 1 saturated heterocycles. The Kier molecular flexibility index (Phi) is 7.11. The topological polar surface area (TPSA) is 99.4 Å². The lowest BCUT2D eigenvalue weighted by molar-refractivity contribution is -0.156. The smallest absolute Gasteiger partial charge is 0.416 e. The summed E-state index contributed by atoms with van der Waals surface area (Å²) in [4.78, 5) is 20.1. The van der Waals surface area contributed by atoms with Crippen LogP contribution in [0, 0.1) is 0 Å². The van der Waals surface area contributed by atoms with E-state index in [1.807, 2.05) is 13.8 Å². The van der Waals surface area contributed by atoms with Gasteiger partial charge in [0.2, 0.25) is 0 Å². The summed E-state index contributed by atoms with van der Waals surface area (Å²) >= 11 is 0. The van der Waals surface area contributed by atoms with Gasteiger partial charge < -0.3 is 14.6 Å². The van der Waals surface area contributed by atoms with E-state index in [-0.39, 0.29) is 30.3 Å². The molecule has 1 aromatic carbocycles. The van der Waals surface area contributed by atoms with Crippen molar-refractivity contribution in [1.29, 1.82) is 0 Å². The summed E-state index contributed by atoms with van der Waals surface area (Å²) in [7, 11) is 1.41. The quantitative estimate of drug-likeness (QED) is 0.494. The van der Waals surface area contributed by atoms with Gasteiger partial charge >= 0.3 is 18.2 Å². The lowest BCUT2D eigenvalue weighted by atomic mass is 9.97. The third-order valence-electron chi connectivity index (χ3n) is 5.65. The molecule has 2 atom stereocenters. The molecule has 0 aliphatic carbocycles. The number of nitrogens with zero attached hydrogens (tertiary/aromatic N) is 4. The maximum atomic E-state index is 13.6. The highest BCUT2D eigenvalue weighted by Crippen LogP contribution is 2.37. The zero-order chi connectivity index (χ0) is 26.0. The monoisotopic (exact) mass is 502 g/mol. The highest BCUT2D eigenvalue weighted by atomic mass is 19.4. The molecule has 4 rings (SSSR count). The van der Waals surface area contributed by atoms with Gasteiger partial charge in [-0.05, 0) is 24.1 Å². The number of benzene rings is 1. The van der Waals surface area contributed by atoms with Crippen LogP contribution in [0.5, 0.6) is 6.01 Å². The minimum absolute atomic E-state index is 0.0734. The zero-order valence-corrected chi connectivity index (χ0v) is 19.9. The predicted molar refractivity (Wildman–Crippen MR) is 124 cm³/mol. The fourth-order valence-electron chi connectivity index (χ4n) is 4.00. The first-order valence-corrected chi connectivity index (χ1v) is 11.3. The molecular formula is C25H25F3N4O4. The number of alkyl halides is 3. The summed E-state index contributed by atoms with van der Waals surface area (Å²) in [5.74, 6) is -0.330. The van der Waals surface area contributed by atoms with Crippen molar-refractivity contribution in [2.75, 3.05) is 7.11 Å². The average Bonchev–Trinajstić information content (AvgIpc) is 3.21. The van der Waals surface area contributed by atoms with Gasteiger partial charge in [-0.15, -0.1) is 0 Å². The van der Waals surface area contributed by atoms with Gasteiger partial charge in [0.25, 0.3) is 0 Å². The molecule has 0 spiro atoms. The van der Waals surface area contributed by atoms with E-state index in [9.17, 15) is 23.1 Å². The number of carbonyl (C=O) groups excluding carboxylic acids is 1. The largest absolute Gasteiger partial charge is 0.467 e. The van der Waals surface area contributed by atoms with Crippen molar-refractivity contribution in [2.45, 2.75) is 51.0 Å². The van der Waals surface area contributed by atoms with Crippen LogP contribution >= 0.6 is 0 Å². The van der Waals surface area contributed by atoms with Crippen LogP contribution in [0.1, 0.15) is 49.4 Å². The van der Waals surface area contributed by atoms with E-state index in [4.69, 9.17) is 14.6 Å². The van der Waals surface area contributed by atoms with E-state index >= 15 is 0 Å². The first kappa shape index (κ1) is 25.4. The van der Waals surface area contributed by atoms with Crippen LogP contribution < -0.4 is 4.74 Å². The highest BCUT2D eigenvalue weighted by molar-refractivity contribution is 5.77. The standard InChI is InChI=1S/C25H25F3N4O4/c1-14(2)22-19(8-7-18-12-17(33)13-21(34)36-18)23(15-5-4-6-16(11-15)25(26,27)28)32(31-22)20-9-10-29-24(30-20)35-3/h4-11,14,17-18,33H,12-13H2,1-3H3/b8-7+. The Bertz CT molecular complexity index is 1290. The Balaban J connectivity index is 1.93. The molecule has 36 heavy (non-hydrogen) atoms. The first-order valence-electron chi connectivity index (χ1n) is 11.3. The number of aromatic nitrogens is 4.